The lowest BCUT2D eigenvalue weighted by atomic mass is 9.97. The van der Waals surface area contributed by atoms with E-state index in [9.17, 15) is 19.1 Å². The minimum Gasteiger partial charge on any atom is -0.481 e. The number of carbonyl (C=O) groups excluding carboxylic acids is 1. The molecule has 4 rings (SSSR count). The number of ether oxygens (including phenoxy) is 1. The molecule has 6 nitrogen and oxygen atoms in total. The third-order valence-corrected chi connectivity index (χ3v) is 6.09. The van der Waals surface area contributed by atoms with Crippen LogP contribution in [0.4, 0.5) is 15.2 Å². The molecule has 28 heavy (non-hydrogen) atoms. The van der Waals surface area contributed by atoms with Crippen LogP contribution in [-0.2, 0) is 9.59 Å². The van der Waals surface area contributed by atoms with Crippen LogP contribution in [0.25, 0.3) is 10.2 Å². The Morgan fingerprint density at radius 1 is 1.32 bits per heavy atom. The van der Waals surface area contributed by atoms with Crippen molar-refractivity contribution in [3.63, 3.8) is 0 Å². The Morgan fingerprint density at radius 3 is 2.71 bits per heavy atom. The Kier molecular flexibility index (Phi) is 4.45. The number of benzene rings is 2. The van der Waals surface area contributed by atoms with Gasteiger partial charge in [0.2, 0.25) is 0 Å². The van der Waals surface area contributed by atoms with Gasteiger partial charge >= 0.3 is 5.97 Å². The van der Waals surface area contributed by atoms with E-state index in [4.69, 9.17) is 27.9 Å². The first kappa shape index (κ1) is 18.9. The molecule has 1 aliphatic rings. The molecular weight excluding hydrogens is 430 g/mol. The van der Waals surface area contributed by atoms with Gasteiger partial charge in [-0.15, -0.1) is 0 Å². The molecule has 1 N–H and O–H groups in total. The van der Waals surface area contributed by atoms with Crippen molar-refractivity contribution in [1.82, 2.24) is 4.98 Å². The number of anilines is 2. The molecule has 0 radical (unpaired) electrons. The van der Waals surface area contributed by atoms with Crippen LogP contribution < -0.4 is 9.64 Å². The number of rotatable bonds is 3. The van der Waals surface area contributed by atoms with E-state index in [1.165, 1.54) is 25.1 Å². The van der Waals surface area contributed by atoms with Gasteiger partial charge in [0.25, 0.3) is 5.91 Å². The first-order valence-corrected chi connectivity index (χ1v) is 9.57. The molecule has 0 fully saturated rings. The second kappa shape index (κ2) is 6.58. The molecule has 0 saturated carbocycles. The molecule has 0 saturated heterocycles. The molecule has 0 bridgehead atoms. The Hall–Kier alpha value is -2.42. The second-order valence-electron chi connectivity index (χ2n) is 6.34. The van der Waals surface area contributed by atoms with E-state index in [2.05, 4.69) is 4.98 Å². The summed E-state index contributed by atoms with van der Waals surface area (Å²) in [6.07, 6.45) is -0.650. The maximum Gasteiger partial charge on any atom is 0.307 e. The zero-order valence-corrected chi connectivity index (χ0v) is 16.5. The van der Waals surface area contributed by atoms with Gasteiger partial charge in [0.05, 0.1) is 26.9 Å². The Bertz CT molecular complexity index is 1110. The van der Waals surface area contributed by atoms with Crippen molar-refractivity contribution in [3.8, 4) is 5.75 Å². The number of hydrogen-bond donors (Lipinski definition) is 1. The summed E-state index contributed by atoms with van der Waals surface area (Å²) >= 11 is 13.5. The van der Waals surface area contributed by atoms with Gasteiger partial charge in [-0.1, -0.05) is 40.6 Å². The van der Waals surface area contributed by atoms with Crippen molar-refractivity contribution in [2.24, 2.45) is 0 Å². The lowest BCUT2D eigenvalue weighted by Gasteiger charge is -2.38. The summed E-state index contributed by atoms with van der Waals surface area (Å²) in [7, 11) is 0. The highest BCUT2D eigenvalue weighted by molar-refractivity contribution is 7.23. The standard InChI is InChI=1S/C18H11Cl2FN2O4S/c1-18(7-12(24)25)16(26)23(11-4-2-3-10(21)14(11)27-18)17-22-13-8(19)5-6-9(20)15(13)28-17/h2-6H,7H2,1H3,(H,24,25). The number of carboxylic acids is 1. The van der Waals surface area contributed by atoms with Crippen molar-refractivity contribution in [1.29, 1.82) is 0 Å². The summed E-state index contributed by atoms with van der Waals surface area (Å²) in [6, 6.07) is 7.27. The predicted molar refractivity (Wildman–Crippen MR) is 104 cm³/mol. The highest BCUT2D eigenvalue weighted by Gasteiger charge is 2.48. The molecule has 1 aliphatic heterocycles. The number of nitrogens with zero attached hydrogens (tertiary/aromatic N) is 2. The van der Waals surface area contributed by atoms with Crippen LogP contribution in [0.1, 0.15) is 13.3 Å². The van der Waals surface area contributed by atoms with E-state index in [-0.39, 0.29) is 16.6 Å². The molecule has 1 amide bonds. The molecular formula is C18H11Cl2FN2O4S. The summed E-state index contributed by atoms with van der Waals surface area (Å²) in [6.45, 7) is 1.30. The van der Waals surface area contributed by atoms with Gasteiger partial charge in [0.15, 0.2) is 22.3 Å². The number of carbonyl (C=O) groups is 2. The van der Waals surface area contributed by atoms with E-state index in [0.717, 1.165) is 16.2 Å². The van der Waals surface area contributed by atoms with Crippen molar-refractivity contribution in [3.05, 3.63) is 46.2 Å². The van der Waals surface area contributed by atoms with Gasteiger partial charge in [0, 0.05) is 0 Å². The zero-order chi connectivity index (χ0) is 20.2. The van der Waals surface area contributed by atoms with Gasteiger partial charge in [-0.05, 0) is 31.2 Å². The SMILES string of the molecule is CC1(CC(=O)O)Oc2c(F)cccc2N(c2nc3c(Cl)ccc(Cl)c3s2)C1=O. The molecule has 0 aliphatic carbocycles. The molecule has 1 atom stereocenters. The molecule has 1 aromatic heterocycles. The average Bonchev–Trinajstić information content (AvgIpc) is 3.06. The molecule has 144 valence electrons. The van der Waals surface area contributed by atoms with E-state index >= 15 is 0 Å². The maximum atomic E-state index is 14.4. The molecule has 2 heterocycles. The third kappa shape index (κ3) is 2.88. The van der Waals surface area contributed by atoms with Crippen LogP contribution in [0, 0.1) is 5.82 Å². The summed E-state index contributed by atoms with van der Waals surface area (Å²) in [4.78, 5) is 30.1. The van der Waals surface area contributed by atoms with Gasteiger partial charge in [-0.25, -0.2) is 14.3 Å². The minimum atomic E-state index is -1.81. The van der Waals surface area contributed by atoms with Gasteiger partial charge < -0.3 is 9.84 Å². The van der Waals surface area contributed by atoms with Crippen molar-refractivity contribution in [2.45, 2.75) is 18.9 Å². The average molecular weight is 441 g/mol. The highest BCUT2D eigenvalue weighted by atomic mass is 35.5. The fourth-order valence-corrected chi connectivity index (χ4v) is 4.54. The summed E-state index contributed by atoms with van der Waals surface area (Å²) in [5.74, 6) is -2.88. The first-order valence-electron chi connectivity index (χ1n) is 8.00. The Balaban J connectivity index is 1.96. The van der Waals surface area contributed by atoms with Crippen LogP contribution in [-0.4, -0.2) is 27.6 Å². The number of fused-ring (bicyclic) bond motifs is 2. The number of hydrogen-bond acceptors (Lipinski definition) is 5. The van der Waals surface area contributed by atoms with Gasteiger partial charge in [-0.2, -0.15) is 0 Å². The fraction of sp³-hybridized carbons (Fsp3) is 0.167. The summed E-state index contributed by atoms with van der Waals surface area (Å²) < 4.78 is 20.5. The molecule has 3 aromatic rings. The topological polar surface area (TPSA) is 79.7 Å². The van der Waals surface area contributed by atoms with Crippen LogP contribution in [0.15, 0.2) is 30.3 Å². The number of halogens is 3. The van der Waals surface area contributed by atoms with Crippen molar-refractivity contribution < 1.29 is 23.8 Å². The minimum absolute atomic E-state index is 0.124. The molecule has 1 unspecified atom stereocenters. The highest BCUT2D eigenvalue weighted by Crippen LogP contribution is 2.47. The van der Waals surface area contributed by atoms with Crippen LogP contribution in [0.5, 0.6) is 5.75 Å². The first-order chi connectivity index (χ1) is 13.2. The number of amides is 1. The lowest BCUT2D eigenvalue weighted by molar-refractivity contribution is -0.148. The van der Waals surface area contributed by atoms with E-state index in [1.807, 2.05) is 0 Å². The van der Waals surface area contributed by atoms with Crippen molar-refractivity contribution >= 4 is 67.5 Å². The number of thiazole rings is 1. The van der Waals surface area contributed by atoms with Crippen LogP contribution in [0.3, 0.4) is 0 Å². The monoisotopic (exact) mass is 440 g/mol. The Labute approximate surface area is 172 Å². The second-order valence-corrected chi connectivity index (χ2v) is 8.13. The fourth-order valence-electron chi connectivity index (χ4n) is 3.01. The number of carboxylic acid groups (broad SMARTS) is 1. The molecule has 10 heteroatoms. The predicted octanol–water partition coefficient (Wildman–Crippen LogP) is 5.03. The Morgan fingerprint density at radius 2 is 2.04 bits per heavy atom. The summed E-state index contributed by atoms with van der Waals surface area (Å²) in [5, 5.41) is 10.1. The number of aromatic nitrogens is 1. The van der Waals surface area contributed by atoms with Crippen LogP contribution in [0.2, 0.25) is 10.0 Å². The van der Waals surface area contributed by atoms with Crippen molar-refractivity contribution in [2.75, 3.05) is 4.90 Å². The summed E-state index contributed by atoms with van der Waals surface area (Å²) in [5.41, 5.74) is -1.29. The third-order valence-electron chi connectivity index (χ3n) is 4.28. The van der Waals surface area contributed by atoms with E-state index < -0.39 is 29.7 Å². The van der Waals surface area contributed by atoms with Gasteiger partial charge in [0.1, 0.15) is 5.52 Å². The van der Waals surface area contributed by atoms with Crippen LogP contribution >= 0.6 is 34.5 Å². The normalized spacial score (nSPS) is 18.9. The van der Waals surface area contributed by atoms with E-state index in [1.54, 1.807) is 12.1 Å². The largest absolute Gasteiger partial charge is 0.481 e. The molecule has 2 aromatic carbocycles. The smallest absolute Gasteiger partial charge is 0.307 e. The number of para-hydroxylation sites is 1. The number of aliphatic carboxylic acids is 1. The lowest BCUT2D eigenvalue weighted by Crippen LogP contribution is -2.54. The molecule has 0 spiro atoms. The maximum absolute atomic E-state index is 14.4. The van der Waals surface area contributed by atoms with Gasteiger partial charge in [-0.3, -0.25) is 9.59 Å². The quantitative estimate of drug-likeness (QED) is 0.617. The van der Waals surface area contributed by atoms with E-state index in [0.29, 0.717) is 20.3 Å². The zero-order valence-electron chi connectivity index (χ0n) is 14.2.